The SMILES string of the molecule is NC(=O)[C@H](Cc1c[nH]c2ccccc12)NC(=O)CCCNC(=O)[C@H](N)Cc1c[nH]c2ccccc12. The van der Waals surface area contributed by atoms with Crippen molar-refractivity contribution in [1.82, 2.24) is 20.6 Å². The van der Waals surface area contributed by atoms with Crippen LogP contribution in [0.3, 0.4) is 0 Å². The van der Waals surface area contributed by atoms with Crippen molar-refractivity contribution in [2.45, 2.75) is 37.8 Å². The molecule has 0 bridgehead atoms. The number of nitrogens with two attached hydrogens (primary N) is 2. The molecule has 3 amide bonds. The highest BCUT2D eigenvalue weighted by Crippen LogP contribution is 2.20. The number of aromatic nitrogens is 2. The van der Waals surface area contributed by atoms with Crippen molar-refractivity contribution >= 4 is 39.5 Å². The number of nitrogens with one attached hydrogen (secondary N) is 4. The predicted octanol–water partition coefficient (Wildman–Crippen LogP) is 1.63. The summed E-state index contributed by atoms with van der Waals surface area (Å²) in [5.74, 6) is -1.17. The minimum Gasteiger partial charge on any atom is -0.368 e. The minimum absolute atomic E-state index is 0.148. The topological polar surface area (TPSA) is 159 Å². The molecule has 2 aromatic carbocycles. The molecular weight excluding hydrogens is 444 g/mol. The van der Waals surface area contributed by atoms with Crippen molar-refractivity contribution in [3.8, 4) is 0 Å². The quantitative estimate of drug-likeness (QED) is 0.182. The van der Waals surface area contributed by atoms with Crippen LogP contribution in [0.25, 0.3) is 21.8 Å². The fraction of sp³-hybridized carbons (Fsp3) is 0.269. The second-order valence-electron chi connectivity index (χ2n) is 8.65. The van der Waals surface area contributed by atoms with Gasteiger partial charge >= 0.3 is 0 Å². The van der Waals surface area contributed by atoms with E-state index in [1.807, 2.05) is 60.9 Å². The molecule has 0 saturated carbocycles. The van der Waals surface area contributed by atoms with E-state index < -0.39 is 18.0 Å². The summed E-state index contributed by atoms with van der Waals surface area (Å²) in [6, 6.07) is 14.1. The molecule has 0 aliphatic carbocycles. The number of aromatic amines is 2. The first kappa shape index (κ1) is 24.0. The van der Waals surface area contributed by atoms with Crippen LogP contribution >= 0.6 is 0 Å². The van der Waals surface area contributed by atoms with Crippen LogP contribution in [-0.4, -0.2) is 46.3 Å². The highest BCUT2D eigenvalue weighted by Gasteiger charge is 2.20. The summed E-state index contributed by atoms with van der Waals surface area (Å²) in [6.07, 6.45) is 4.95. The Morgan fingerprint density at radius 2 is 1.43 bits per heavy atom. The summed E-state index contributed by atoms with van der Waals surface area (Å²) < 4.78 is 0. The molecule has 4 rings (SSSR count). The highest BCUT2D eigenvalue weighted by atomic mass is 16.2. The van der Waals surface area contributed by atoms with Crippen LogP contribution < -0.4 is 22.1 Å². The smallest absolute Gasteiger partial charge is 0.240 e. The molecule has 0 unspecified atom stereocenters. The van der Waals surface area contributed by atoms with Crippen LogP contribution in [0.1, 0.15) is 24.0 Å². The second-order valence-corrected chi connectivity index (χ2v) is 8.65. The minimum atomic E-state index is -0.819. The summed E-state index contributed by atoms with van der Waals surface area (Å²) >= 11 is 0. The highest BCUT2D eigenvalue weighted by molar-refractivity contribution is 5.89. The third-order valence-corrected chi connectivity index (χ3v) is 6.11. The van der Waals surface area contributed by atoms with Crippen molar-refractivity contribution in [2.75, 3.05) is 6.54 Å². The Kier molecular flexibility index (Phi) is 7.47. The molecule has 0 spiro atoms. The van der Waals surface area contributed by atoms with Gasteiger partial charge in [0.2, 0.25) is 17.7 Å². The maximum Gasteiger partial charge on any atom is 0.240 e. The van der Waals surface area contributed by atoms with Crippen LogP contribution in [0.2, 0.25) is 0 Å². The van der Waals surface area contributed by atoms with Crippen molar-refractivity contribution in [3.63, 3.8) is 0 Å². The van der Waals surface area contributed by atoms with E-state index >= 15 is 0 Å². The Morgan fingerprint density at radius 1 is 0.857 bits per heavy atom. The van der Waals surface area contributed by atoms with Gasteiger partial charge in [-0.25, -0.2) is 0 Å². The van der Waals surface area contributed by atoms with Crippen molar-refractivity contribution in [1.29, 1.82) is 0 Å². The van der Waals surface area contributed by atoms with E-state index in [0.717, 1.165) is 32.9 Å². The molecule has 2 atom stereocenters. The van der Waals surface area contributed by atoms with Gasteiger partial charge in [0.15, 0.2) is 0 Å². The number of H-pyrrole nitrogens is 2. The van der Waals surface area contributed by atoms with Crippen molar-refractivity contribution in [3.05, 3.63) is 72.1 Å². The van der Waals surface area contributed by atoms with Crippen molar-refractivity contribution in [2.24, 2.45) is 11.5 Å². The van der Waals surface area contributed by atoms with Gasteiger partial charge in [0, 0.05) is 53.6 Å². The van der Waals surface area contributed by atoms with Gasteiger partial charge in [-0.15, -0.1) is 0 Å². The van der Waals surface area contributed by atoms with E-state index in [2.05, 4.69) is 20.6 Å². The lowest BCUT2D eigenvalue weighted by Crippen LogP contribution is -2.46. The molecule has 9 heteroatoms. The molecule has 0 radical (unpaired) electrons. The third kappa shape index (κ3) is 5.88. The first-order valence-electron chi connectivity index (χ1n) is 11.6. The van der Waals surface area contributed by atoms with Gasteiger partial charge < -0.3 is 32.1 Å². The van der Waals surface area contributed by atoms with E-state index in [0.29, 0.717) is 25.8 Å². The molecule has 35 heavy (non-hydrogen) atoms. The monoisotopic (exact) mass is 474 g/mol. The van der Waals surface area contributed by atoms with E-state index in [4.69, 9.17) is 11.5 Å². The van der Waals surface area contributed by atoms with Gasteiger partial charge in [0.25, 0.3) is 0 Å². The fourth-order valence-electron chi connectivity index (χ4n) is 4.23. The Balaban J connectivity index is 1.21. The molecule has 2 heterocycles. The first-order valence-corrected chi connectivity index (χ1v) is 11.6. The molecule has 0 fully saturated rings. The molecule has 9 nitrogen and oxygen atoms in total. The van der Waals surface area contributed by atoms with Gasteiger partial charge in [-0.3, -0.25) is 14.4 Å². The summed E-state index contributed by atoms with van der Waals surface area (Å²) in [4.78, 5) is 43.0. The first-order chi connectivity index (χ1) is 16.9. The summed E-state index contributed by atoms with van der Waals surface area (Å²) in [6.45, 7) is 0.303. The largest absolute Gasteiger partial charge is 0.368 e. The van der Waals surface area contributed by atoms with Gasteiger partial charge in [-0.1, -0.05) is 36.4 Å². The lowest BCUT2D eigenvalue weighted by Gasteiger charge is -2.16. The number of carbonyl (C=O) groups excluding carboxylic acids is 3. The average Bonchev–Trinajstić information content (AvgIpc) is 3.45. The van der Waals surface area contributed by atoms with Gasteiger partial charge in [-0.05, 0) is 36.1 Å². The Bertz CT molecular complexity index is 1340. The standard InChI is InChI=1S/C26H30N6O3/c27-20(12-16-14-30-21-8-3-1-6-18(16)21)26(35)29-11-5-10-24(33)32-23(25(28)34)13-17-15-31-22-9-4-2-7-19(17)22/h1-4,6-9,14-15,20,23,30-31H,5,10-13,27H2,(H2,28,34)(H,29,35)(H,32,33)/t20-,23+/m1/s1. The molecule has 8 N–H and O–H groups in total. The fourth-order valence-corrected chi connectivity index (χ4v) is 4.23. The van der Waals surface area contributed by atoms with Gasteiger partial charge in [0.05, 0.1) is 6.04 Å². The number of fused-ring (bicyclic) bond motifs is 2. The van der Waals surface area contributed by atoms with E-state index in [9.17, 15) is 14.4 Å². The van der Waals surface area contributed by atoms with Crippen LogP contribution in [0.4, 0.5) is 0 Å². The van der Waals surface area contributed by atoms with Crippen LogP contribution in [0.5, 0.6) is 0 Å². The zero-order chi connectivity index (χ0) is 24.8. The predicted molar refractivity (Wildman–Crippen MR) is 135 cm³/mol. The number of carbonyl (C=O) groups is 3. The van der Waals surface area contributed by atoms with E-state index in [1.165, 1.54) is 0 Å². The maximum absolute atomic E-state index is 12.4. The number of amides is 3. The number of hydrogen-bond acceptors (Lipinski definition) is 4. The zero-order valence-corrected chi connectivity index (χ0v) is 19.3. The normalized spacial score (nSPS) is 12.9. The number of primary amides is 1. The molecule has 0 aliphatic rings. The van der Waals surface area contributed by atoms with Crippen LogP contribution in [-0.2, 0) is 27.2 Å². The third-order valence-electron chi connectivity index (χ3n) is 6.11. The van der Waals surface area contributed by atoms with Crippen LogP contribution in [0, 0.1) is 0 Å². The number of para-hydroxylation sites is 2. The van der Waals surface area contributed by atoms with E-state index in [1.54, 1.807) is 0 Å². The number of rotatable bonds is 11. The zero-order valence-electron chi connectivity index (χ0n) is 19.3. The Morgan fingerprint density at radius 3 is 2.03 bits per heavy atom. The molecule has 0 aliphatic heterocycles. The lowest BCUT2D eigenvalue weighted by atomic mass is 10.0. The van der Waals surface area contributed by atoms with Crippen molar-refractivity contribution < 1.29 is 14.4 Å². The summed E-state index contributed by atoms with van der Waals surface area (Å²) in [7, 11) is 0. The van der Waals surface area contributed by atoms with Gasteiger partial charge in [-0.2, -0.15) is 0 Å². The number of hydrogen-bond donors (Lipinski definition) is 6. The Hall–Kier alpha value is -4.11. The summed E-state index contributed by atoms with van der Waals surface area (Å²) in [5, 5.41) is 7.52. The number of benzene rings is 2. The van der Waals surface area contributed by atoms with Crippen LogP contribution in [0.15, 0.2) is 60.9 Å². The average molecular weight is 475 g/mol. The molecular formula is C26H30N6O3. The van der Waals surface area contributed by atoms with Gasteiger partial charge in [0.1, 0.15) is 6.04 Å². The molecule has 4 aromatic rings. The van der Waals surface area contributed by atoms with E-state index in [-0.39, 0.29) is 18.2 Å². The molecule has 2 aromatic heterocycles. The molecule has 182 valence electrons. The maximum atomic E-state index is 12.4. The molecule has 0 saturated heterocycles. The summed E-state index contributed by atoms with van der Waals surface area (Å²) in [5.41, 5.74) is 15.5. The second kappa shape index (κ2) is 10.9. The lowest BCUT2D eigenvalue weighted by molar-refractivity contribution is -0.127. The Labute approximate surface area is 202 Å².